The minimum absolute atomic E-state index is 0.00440. The molecule has 6 nitrogen and oxygen atoms in total. The predicted molar refractivity (Wildman–Crippen MR) is 75.6 cm³/mol. The van der Waals surface area contributed by atoms with Crippen molar-refractivity contribution < 1.29 is 29.2 Å². The van der Waals surface area contributed by atoms with Crippen molar-refractivity contribution in [3.8, 4) is 0 Å². The van der Waals surface area contributed by atoms with Crippen LogP contribution in [-0.4, -0.2) is 62.4 Å². The molecule has 21 heavy (non-hydrogen) atoms. The summed E-state index contributed by atoms with van der Waals surface area (Å²) in [4.78, 5) is 0. The second-order valence-electron chi connectivity index (χ2n) is 7.70. The van der Waals surface area contributed by atoms with Gasteiger partial charge in [0.15, 0.2) is 12.6 Å². The highest BCUT2D eigenvalue weighted by molar-refractivity contribution is 4.88. The topological polar surface area (TPSA) is 77.4 Å². The van der Waals surface area contributed by atoms with Gasteiger partial charge in [-0.05, 0) is 0 Å². The molecule has 0 aromatic rings. The summed E-state index contributed by atoms with van der Waals surface area (Å²) in [6.07, 6.45) is -0.834. The molecule has 2 rings (SSSR count). The van der Waals surface area contributed by atoms with Crippen LogP contribution in [0.1, 0.15) is 27.7 Å². The maximum absolute atomic E-state index is 9.37. The second-order valence-corrected chi connectivity index (χ2v) is 7.70. The molecule has 1 spiro atoms. The fourth-order valence-electron chi connectivity index (χ4n) is 2.41. The van der Waals surface area contributed by atoms with Gasteiger partial charge in [-0.25, -0.2) is 0 Å². The Kier molecular flexibility index (Phi) is 4.97. The average molecular weight is 304 g/mol. The lowest BCUT2D eigenvalue weighted by Gasteiger charge is -2.48. The SMILES string of the molecule is CC(C)(CO)C1OCC2(CO1)COC(C(C)(C)CO)OC2. The third kappa shape index (κ3) is 3.57. The molecule has 0 unspecified atom stereocenters. The number of ether oxygens (including phenoxy) is 4. The fourth-order valence-corrected chi connectivity index (χ4v) is 2.41. The Morgan fingerprint density at radius 3 is 1.29 bits per heavy atom. The second kappa shape index (κ2) is 6.10. The van der Waals surface area contributed by atoms with Gasteiger partial charge in [0, 0.05) is 10.8 Å². The lowest BCUT2D eigenvalue weighted by atomic mass is 9.86. The highest BCUT2D eigenvalue weighted by atomic mass is 16.7. The number of rotatable bonds is 4. The quantitative estimate of drug-likeness (QED) is 0.798. The predicted octanol–water partition coefficient (Wildman–Crippen LogP) is 0.756. The molecule has 0 amide bonds. The average Bonchev–Trinajstić information content (AvgIpc) is 2.48. The Morgan fingerprint density at radius 1 is 0.762 bits per heavy atom. The van der Waals surface area contributed by atoms with Crippen molar-refractivity contribution in [2.24, 2.45) is 16.2 Å². The van der Waals surface area contributed by atoms with Gasteiger partial charge >= 0.3 is 0 Å². The molecule has 2 saturated heterocycles. The van der Waals surface area contributed by atoms with Crippen LogP contribution in [0.2, 0.25) is 0 Å². The molecule has 0 aromatic carbocycles. The monoisotopic (exact) mass is 304 g/mol. The zero-order valence-electron chi connectivity index (χ0n) is 13.4. The van der Waals surface area contributed by atoms with Gasteiger partial charge in [-0.2, -0.15) is 0 Å². The van der Waals surface area contributed by atoms with E-state index in [2.05, 4.69) is 0 Å². The van der Waals surface area contributed by atoms with E-state index in [1.165, 1.54) is 0 Å². The summed E-state index contributed by atoms with van der Waals surface area (Å²) in [6, 6.07) is 0. The zero-order valence-corrected chi connectivity index (χ0v) is 13.4. The molecule has 6 heteroatoms. The van der Waals surface area contributed by atoms with Crippen LogP contribution >= 0.6 is 0 Å². The Hall–Kier alpha value is -0.240. The first-order valence-corrected chi connectivity index (χ1v) is 7.43. The van der Waals surface area contributed by atoms with Gasteiger partial charge in [-0.3, -0.25) is 0 Å². The Balaban J connectivity index is 1.89. The van der Waals surface area contributed by atoms with Gasteiger partial charge < -0.3 is 29.2 Å². The van der Waals surface area contributed by atoms with Crippen LogP contribution in [0, 0.1) is 16.2 Å². The Bertz CT molecular complexity index is 301. The fraction of sp³-hybridized carbons (Fsp3) is 1.00. The van der Waals surface area contributed by atoms with Gasteiger partial charge in [0.05, 0.1) is 45.1 Å². The molecule has 0 bridgehead atoms. The normalized spacial score (nSPS) is 35.1. The van der Waals surface area contributed by atoms with Crippen molar-refractivity contribution in [1.29, 1.82) is 0 Å². The van der Waals surface area contributed by atoms with Crippen LogP contribution < -0.4 is 0 Å². The van der Waals surface area contributed by atoms with Crippen molar-refractivity contribution in [1.82, 2.24) is 0 Å². The summed E-state index contributed by atoms with van der Waals surface area (Å²) in [6.45, 7) is 9.55. The van der Waals surface area contributed by atoms with E-state index in [1.807, 2.05) is 27.7 Å². The minimum atomic E-state index is -0.431. The molecule has 0 atom stereocenters. The van der Waals surface area contributed by atoms with Gasteiger partial charge in [0.1, 0.15) is 0 Å². The van der Waals surface area contributed by atoms with Gasteiger partial charge in [0.25, 0.3) is 0 Å². The maximum atomic E-state index is 9.37. The molecule has 0 aromatic heterocycles. The minimum Gasteiger partial charge on any atom is -0.396 e. The third-order valence-corrected chi connectivity index (χ3v) is 4.25. The van der Waals surface area contributed by atoms with Crippen LogP contribution in [0.15, 0.2) is 0 Å². The van der Waals surface area contributed by atoms with E-state index in [0.29, 0.717) is 26.4 Å². The molecular weight excluding hydrogens is 276 g/mol. The van der Waals surface area contributed by atoms with Crippen molar-refractivity contribution >= 4 is 0 Å². The summed E-state index contributed by atoms with van der Waals surface area (Å²) in [7, 11) is 0. The number of aliphatic hydroxyl groups is 2. The van der Waals surface area contributed by atoms with E-state index < -0.39 is 23.4 Å². The standard InChI is InChI=1S/C15H28O6/c1-13(2,5-16)11-18-7-15(8-19-11)9-20-12(21-10-15)14(3,4)6-17/h11-12,16-17H,5-10H2,1-4H3. The molecule has 0 aliphatic carbocycles. The summed E-state index contributed by atoms with van der Waals surface area (Å²) in [5.41, 5.74) is -1.16. The van der Waals surface area contributed by atoms with Gasteiger partial charge in [0.2, 0.25) is 0 Å². The Morgan fingerprint density at radius 2 is 1.05 bits per heavy atom. The van der Waals surface area contributed by atoms with Gasteiger partial charge in [-0.1, -0.05) is 27.7 Å². The van der Waals surface area contributed by atoms with E-state index in [0.717, 1.165) is 0 Å². The van der Waals surface area contributed by atoms with Crippen LogP contribution in [0.25, 0.3) is 0 Å². The lowest BCUT2D eigenvalue weighted by molar-refractivity contribution is -0.337. The van der Waals surface area contributed by atoms with Crippen molar-refractivity contribution in [3.63, 3.8) is 0 Å². The first-order chi connectivity index (χ1) is 9.75. The Labute approximate surface area is 126 Å². The van der Waals surface area contributed by atoms with Crippen LogP contribution in [0.3, 0.4) is 0 Å². The van der Waals surface area contributed by atoms with E-state index in [-0.39, 0.29) is 18.6 Å². The summed E-state index contributed by atoms with van der Waals surface area (Å²) >= 11 is 0. The molecule has 0 radical (unpaired) electrons. The summed E-state index contributed by atoms with van der Waals surface area (Å²) in [5.74, 6) is 0. The van der Waals surface area contributed by atoms with E-state index in [9.17, 15) is 10.2 Å². The van der Waals surface area contributed by atoms with Crippen LogP contribution in [0.5, 0.6) is 0 Å². The third-order valence-electron chi connectivity index (χ3n) is 4.25. The first kappa shape index (κ1) is 17.1. The van der Waals surface area contributed by atoms with E-state index in [4.69, 9.17) is 18.9 Å². The largest absolute Gasteiger partial charge is 0.396 e. The molecular formula is C15H28O6. The molecule has 2 N–H and O–H groups in total. The van der Waals surface area contributed by atoms with Crippen molar-refractivity contribution in [3.05, 3.63) is 0 Å². The molecule has 2 heterocycles. The number of hydrogen-bond acceptors (Lipinski definition) is 6. The molecule has 124 valence electrons. The van der Waals surface area contributed by atoms with Crippen LogP contribution in [-0.2, 0) is 18.9 Å². The first-order valence-electron chi connectivity index (χ1n) is 7.43. The molecule has 0 saturated carbocycles. The lowest BCUT2D eigenvalue weighted by Crippen LogP contribution is -2.56. The highest BCUT2D eigenvalue weighted by Crippen LogP contribution is 2.37. The van der Waals surface area contributed by atoms with E-state index in [1.54, 1.807) is 0 Å². The smallest absolute Gasteiger partial charge is 0.164 e. The van der Waals surface area contributed by atoms with Gasteiger partial charge in [-0.15, -0.1) is 0 Å². The van der Waals surface area contributed by atoms with E-state index >= 15 is 0 Å². The van der Waals surface area contributed by atoms with Crippen molar-refractivity contribution in [2.45, 2.75) is 40.3 Å². The zero-order chi connectivity index (χ0) is 15.7. The van der Waals surface area contributed by atoms with Crippen LogP contribution in [0.4, 0.5) is 0 Å². The highest BCUT2D eigenvalue weighted by Gasteiger charge is 2.47. The van der Waals surface area contributed by atoms with Crippen molar-refractivity contribution in [2.75, 3.05) is 39.6 Å². The summed E-state index contributed by atoms with van der Waals surface area (Å²) < 4.78 is 23.1. The molecule has 2 aliphatic rings. The molecule has 2 fully saturated rings. The number of aliphatic hydroxyl groups excluding tert-OH is 2. The molecule has 2 aliphatic heterocycles. The maximum Gasteiger partial charge on any atom is 0.164 e. The summed E-state index contributed by atoms with van der Waals surface area (Å²) in [5, 5.41) is 18.7. The number of hydrogen-bond donors (Lipinski definition) is 2.